The Morgan fingerprint density at radius 1 is 1.16 bits per heavy atom. The summed E-state index contributed by atoms with van der Waals surface area (Å²) >= 11 is 0.817. The lowest BCUT2D eigenvalue weighted by atomic mass is 10.1. The van der Waals surface area contributed by atoms with Crippen LogP contribution in [0.4, 0.5) is 10.8 Å². The third-order valence-corrected chi connectivity index (χ3v) is 5.29. The van der Waals surface area contributed by atoms with Gasteiger partial charge in [0.05, 0.1) is 44.0 Å². The van der Waals surface area contributed by atoms with Crippen LogP contribution in [0.3, 0.4) is 0 Å². The molecule has 12 heteroatoms. The zero-order chi connectivity index (χ0) is 22.5. The van der Waals surface area contributed by atoms with Gasteiger partial charge in [-0.3, -0.25) is 19.2 Å². The van der Waals surface area contributed by atoms with Crippen LogP contribution in [0, 0.1) is 0 Å². The number of carbonyl (C=O) groups is 5. The Kier molecular flexibility index (Phi) is 6.60. The minimum Gasteiger partial charge on any atom is -0.469 e. The fraction of sp³-hybridized carbons (Fsp3) is 0.263. The monoisotopic (exact) mass is 446 g/mol. The molecule has 1 aliphatic rings. The van der Waals surface area contributed by atoms with Crippen LogP contribution in [0.5, 0.6) is 0 Å². The Hall–Kier alpha value is -3.80. The molecule has 1 unspecified atom stereocenters. The summed E-state index contributed by atoms with van der Waals surface area (Å²) in [6, 6.07) is 5.36. The number of nitrogens with zero attached hydrogens (tertiary/aromatic N) is 1. The van der Waals surface area contributed by atoms with Gasteiger partial charge in [0, 0.05) is 0 Å². The molecule has 2 heterocycles. The second-order valence-corrected chi connectivity index (χ2v) is 7.35. The molecule has 162 valence electrons. The predicted octanol–water partition coefficient (Wildman–Crippen LogP) is 0.724. The van der Waals surface area contributed by atoms with Crippen LogP contribution in [-0.4, -0.2) is 54.9 Å². The normalized spacial score (nSPS) is 15.1. The van der Waals surface area contributed by atoms with E-state index in [1.54, 1.807) is 24.3 Å². The predicted molar refractivity (Wildman–Crippen MR) is 109 cm³/mol. The number of esters is 2. The van der Waals surface area contributed by atoms with Crippen molar-refractivity contribution in [1.82, 2.24) is 10.3 Å². The van der Waals surface area contributed by atoms with E-state index in [1.807, 2.05) is 0 Å². The number of benzene rings is 1. The van der Waals surface area contributed by atoms with E-state index < -0.39 is 35.7 Å². The van der Waals surface area contributed by atoms with Crippen LogP contribution in [0.15, 0.2) is 24.3 Å². The van der Waals surface area contributed by atoms with E-state index >= 15 is 0 Å². The third kappa shape index (κ3) is 5.04. The molecule has 0 radical (unpaired) electrons. The molecule has 3 amide bonds. The number of anilines is 2. The number of para-hydroxylation sites is 1. The highest BCUT2D eigenvalue weighted by molar-refractivity contribution is 7.17. The molecule has 1 atom stereocenters. The summed E-state index contributed by atoms with van der Waals surface area (Å²) in [5.74, 6) is -3.00. The minimum atomic E-state index is -1.12. The van der Waals surface area contributed by atoms with E-state index in [0.29, 0.717) is 5.69 Å². The van der Waals surface area contributed by atoms with Crippen molar-refractivity contribution in [2.24, 2.45) is 0 Å². The first-order valence-electron chi connectivity index (χ1n) is 8.97. The SMILES string of the molecule is COC(=O)Cc1nc(NC(=O)CC2NC(=O)c3ccccc3NC2=O)sc1C(=O)OC. The maximum absolute atomic E-state index is 12.5. The minimum absolute atomic E-state index is 0.0351. The highest BCUT2D eigenvalue weighted by atomic mass is 32.1. The molecule has 0 saturated heterocycles. The summed E-state index contributed by atoms with van der Waals surface area (Å²) in [5.41, 5.74) is 0.729. The summed E-state index contributed by atoms with van der Waals surface area (Å²) in [7, 11) is 2.37. The van der Waals surface area contributed by atoms with Crippen molar-refractivity contribution in [1.29, 1.82) is 0 Å². The zero-order valence-corrected chi connectivity index (χ0v) is 17.3. The van der Waals surface area contributed by atoms with Gasteiger partial charge >= 0.3 is 11.9 Å². The van der Waals surface area contributed by atoms with Crippen LogP contribution in [0.25, 0.3) is 0 Å². The maximum Gasteiger partial charge on any atom is 0.350 e. The Bertz CT molecular complexity index is 1070. The van der Waals surface area contributed by atoms with Crippen molar-refractivity contribution in [2.45, 2.75) is 18.9 Å². The van der Waals surface area contributed by atoms with Gasteiger partial charge < -0.3 is 25.4 Å². The molecule has 1 aromatic heterocycles. The summed E-state index contributed by atoms with van der Waals surface area (Å²) in [4.78, 5) is 64.8. The average Bonchev–Trinajstić information content (AvgIpc) is 3.09. The number of ether oxygens (including phenoxy) is 2. The molecule has 3 N–H and O–H groups in total. The average molecular weight is 446 g/mol. The van der Waals surface area contributed by atoms with E-state index in [0.717, 1.165) is 11.3 Å². The molecule has 2 aromatic rings. The number of carbonyl (C=O) groups excluding carboxylic acids is 5. The lowest BCUT2D eigenvalue weighted by Gasteiger charge is -2.13. The quantitative estimate of drug-likeness (QED) is 0.549. The lowest BCUT2D eigenvalue weighted by Crippen LogP contribution is -2.43. The second kappa shape index (κ2) is 9.34. The molecule has 0 fully saturated rings. The third-order valence-electron chi connectivity index (χ3n) is 4.29. The van der Waals surface area contributed by atoms with E-state index in [4.69, 9.17) is 0 Å². The fourth-order valence-electron chi connectivity index (χ4n) is 2.80. The van der Waals surface area contributed by atoms with Gasteiger partial charge in [-0.25, -0.2) is 9.78 Å². The molecule has 0 bridgehead atoms. The molecule has 0 aliphatic carbocycles. The Morgan fingerprint density at radius 3 is 2.61 bits per heavy atom. The lowest BCUT2D eigenvalue weighted by molar-refractivity contribution is -0.139. The molecule has 11 nitrogen and oxygen atoms in total. The number of rotatable bonds is 6. The highest BCUT2D eigenvalue weighted by Gasteiger charge is 2.30. The standard InChI is InChI=1S/C19H18N4O7S/c1-29-14(25)8-11-15(18(28)30-2)31-19(22-11)23-13(24)7-12-17(27)20-10-6-4-3-5-9(10)16(26)21-12/h3-6,12H,7-8H2,1-2H3,(H,20,27)(H,21,26)(H,22,23,24). The Labute approximate surface area is 180 Å². The first kappa shape index (κ1) is 21.9. The van der Waals surface area contributed by atoms with Crippen molar-refractivity contribution in [3.05, 3.63) is 40.4 Å². The Morgan fingerprint density at radius 2 is 1.90 bits per heavy atom. The highest BCUT2D eigenvalue weighted by Crippen LogP contribution is 2.25. The van der Waals surface area contributed by atoms with E-state index in [-0.39, 0.29) is 34.1 Å². The maximum atomic E-state index is 12.5. The van der Waals surface area contributed by atoms with Crippen LogP contribution in [-0.2, 0) is 30.3 Å². The molecule has 0 spiro atoms. The first-order chi connectivity index (χ1) is 14.8. The van der Waals surface area contributed by atoms with Crippen molar-refractivity contribution in [3.63, 3.8) is 0 Å². The number of aromatic nitrogens is 1. The van der Waals surface area contributed by atoms with E-state index in [2.05, 4.69) is 30.4 Å². The van der Waals surface area contributed by atoms with Crippen LogP contribution < -0.4 is 16.0 Å². The van der Waals surface area contributed by atoms with Crippen molar-refractivity contribution >= 4 is 51.8 Å². The van der Waals surface area contributed by atoms with Gasteiger partial charge in [0.2, 0.25) is 11.8 Å². The number of nitrogens with one attached hydrogen (secondary N) is 3. The molecule has 1 aliphatic heterocycles. The van der Waals surface area contributed by atoms with Crippen molar-refractivity contribution in [2.75, 3.05) is 24.9 Å². The van der Waals surface area contributed by atoms with Gasteiger partial charge in [0.1, 0.15) is 10.9 Å². The molecule has 3 rings (SSSR count). The van der Waals surface area contributed by atoms with Crippen molar-refractivity contribution in [3.8, 4) is 0 Å². The topological polar surface area (TPSA) is 153 Å². The largest absolute Gasteiger partial charge is 0.469 e. The fourth-order valence-corrected chi connectivity index (χ4v) is 3.71. The molecular weight excluding hydrogens is 428 g/mol. The van der Waals surface area contributed by atoms with E-state index in [1.165, 1.54) is 14.2 Å². The van der Waals surface area contributed by atoms with Crippen LogP contribution >= 0.6 is 11.3 Å². The van der Waals surface area contributed by atoms with Gasteiger partial charge in [-0.1, -0.05) is 23.5 Å². The Balaban J connectivity index is 1.72. The van der Waals surface area contributed by atoms with Crippen molar-refractivity contribution < 1.29 is 33.4 Å². The van der Waals surface area contributed by atoms with E-state index in [9.17, 15) is 24.0 Å². The number of amides is 3. The van der Waals surface area contributed by atoms with Crippen LogP contribution in [0.2, 0.25) is 0 Å². The van der Waals surface area contributed by atoms with Crippen LogP contribution in [0.1, 0.15) is 32.1 Å². The molecule has 31 heavy (non-hydrogen) atoms. The second-order valence-electron chi connectivity index (χ2n) is 6.35. The number of hydrogen-bond donors (Lipinski definition) is 3. The number of thiazole rings is 1. The number of hydrogen-bond acceptors (Lipinski definition) is 9. The molecule has 0 saturated carbocycles. The number of methoxy groups -OCH3 is 2. The van der Waals surface area contributed by atoms with Gasteiger partial charge in [-0.05, 0) is 12.1 Å². The van der Waals surface area contributed by atoms with Gasteiger partial charge in [0.25, 0.3) is 5.91 Å². The van der Waals surface area contributed by atoms with Gasteiger partial charge in [-0.15, -0.1) is 0 Å². The summed E-state index contributed by atoms with van der Waals surface area (Å²) in [6.45, 7) is 0. The zero-order valence-electron chi connectivity index (χ0n) is 16.5. The number of fused-ring (bicyclic) bond motifs is 1. The summed E-state index contributed by atoms with van der Waals surface area (Å²) in [5, 5.41) is 7.63. The summed E-state index contributed by atoms with van der Waals surface area (Å²) in [6.07, 6.45) is -0.655. The first-order valence-corrected chi connectivity index (χ1v) is 9.79. The molecule has 1 aromatic carbocycles. The summed E-state index contributed by atoms with van der Waals surface area (Å²) < 4.78 is 9.24. The van der Waals surface area contributed by atoms with Gasteiger partial charge in [-0.2, -0.15) is 0 Å². The molecular formula is C19H18N4O7S. The van der Waals surface area contributed by atoms with Gasteiger partial charge in [0.15, 0.2) is 5.13 Å². The smallest absolute Gasteiger partial charge is 0.350 e.